The highest BCUT2D eigenvalue weighted by Gasteiger charge is 2.45. The molecule has 0 saturated heterocycles. The number of carbonyl (C=O) groups is 2. The van der Waals surface area contributed by atoms with E-state index in [9.17, 15) is 18.8 Å². The standard InChI is InChI=1S/C28H27FN6O3/c1-15(30)14-28(26-33-27(38)35(34-26)21-8-6-20(29)7-9-21)22-10-4-18(24(31)36)12-16(22)2-3-17-13-19(25(32)37)5-11-23(17)28/h4-13,15H,2-3,14,30H2,1H3,(H2,31,36)(H2,32,37)(H,33,34,38)/t15-/m1/s1. The summed E-state index contributed by atoms with van der Waals surface area (Å²) in [5, 5.41) is 4.70. The van der Waals surface area contributed by atoms with Crippen molar-refractivity contribution in [2.24, 2.45) is 17.2 Å². The Morgan fingerprint density at radius 2 is 1.50 bits per heavy atom. The number of aromatic nitrogens is 3. The van der Waals surface area contributed by atoms with E-state index in [4.69, 9.17) is 22.3 Å². The molecule has 0 bridgehead atoms. The maximum absolute atomic E-state index is 13.6. The number of H-pyrrole nitrogens is 1. The van der Waals surface area contributed by atoms with Crippen molar-refractivity contribution in [2.75, 3.05) is 0 Å². The first-order chi connectivity index (χ1) is 18.1. The quantitative estimate of drug-likeness (QED) is 0.309. The molecule has 4 aromatic rings. The highest BCUT2D eigenvalue weighted by atomic mass is 19.1. The second kappa shape index (κ2) is 9.38. The number of primary amides is 2. The summed E-state index contributed by atoms with van der Waals surface area (Å²) in [6.45, 7) is 1.86. The third-order valence-electron chi connectivity index (χ3n) is 7.08. The van der Waals surface area contributed by atoms with Gasteiger partial charge >= 0.3 is 5.69 Å². The first-order valence-corrected chi connectivity index (χ1v) is 12.2. The van der Waals surface area contributed by atoms with Gasteiger partial charge < -0.3 is 17.2 Å². The number of aromatic amines is 1. The molecule has 2 amide bonds. The Labute approximate surface area is 217 Å². The Balaban J connectivity index is 1.85. The van der Waals surface area contributed by atoms with Gasteiger partial charge in [-0.05, 0) is 97.0 Å². The highest BCUT2D eigenvalue weighted by Crippen LogP contribution is 2.46. The molecule has 0 radical (unpaired) electrons. The monoisotopic (exact) mass is 514 g/mol. The lowest BCUT2D eigenvalue weighted by molar-refractivity contribution is 0.0991. The van der Waals surface area contributed by atoms with Crippen LogP contribution in [0.2, 0.25) is 0 Å². The summed E-state index contributed by atoms with van der Waals surface area (Å²) >= 11 is 0. The van der Waals surface area contributed by atoms with Crippen LogP contribution in [0, 0.1) is 5.82 Å². The predicted octanol–water partition coefficient (Wildman–Crippen LogP) is 2.07. The Morgan fingerprint density at radius 3 is 1.97 bits per heavy atom. The van der Waals surface area contributed by atoms with E-state index in [-0.39, 0.29) is 6.04 Å². The molecule has 1 aliphatic carbocycles. The number of carbonyl (C=O) groups excluding carboxylic acids is 2. The highest BCUT2D eigenvalue weighted by molar-refractivity contribution is 5.94. The second-order valence-corrected chi connectivity index (χ2v) is 9.73. The van der Waals surface area contributed by atoms with Crippen molar-refractivity contribution in [2.45, 2.75) is 37.6 Å². The minimum Gasteiger partial charge on any atom is -0.366 e. The molecule has 0 fully saturated rings. The van der Waals surface area contributed by atoms with Crippen molar-refractivity contribution < 1.29 is 14.0 Å². The number of halogens is 1. The van der Waals surface area contributed by atoms with Gasteiger partial charge in [0.05, 0.1) is 11.1 Å². The van der Waals surface area contributed by atoms with Crippen LogP contribution in [0.1, 0.15) is 62.1 Å². The van der Waals surface area contributed by atoms with E-state index < -0.39 is 28.7 Å². The van der Waals surface area contributed by atoms with E-state index in [1.807, 2.05) is 19.1 Å². The molecule has 1 atom stereocenters. The molecule has 7 N–H and O–H groups in total. The van der Waals surface area contributed by atoms with Gasteiger partial charge in [-0.25, -0.2) is 9.18 Å². The summed E-state index contributed by atoms with van der Waals surface area (Å²) in [4.78, 5) is 40.1. The Hall–Kier alpha value is -4.57. The van der Waals surface area contributed by atoms with E-state index in [2.05, 4.69) is 4.98 Å². The summed E-state index contributed by atoms with van der Waals surface area (Å²) in [6.07, 6.45) is 1.42. The first-order valence-electron chi connectivity index (χ1n) is 12.2. The maximum Gasteiger partial charge on any atom is 0.348 e. The summed E-state index contributed by atoms with van der Waals surface area (Å²) in [5.41, 5.74) is 20.4. The van der Waals surface area contributed by atoms with Crippen LogP contribution in [-0.4, -0.2) is 32.6 Å². The summed E-state index contributed by atoms with van der Waals surface area (Å²) in [6, 6.07) is 15.5. The van der Waals surface area contributed by atoms with Crippen LogP contribution >= 0.6 is 0 Å². The Kier molecular flexibility index (Phi) is 6.20. The molecule has 1 aliphatic rings. The average Bonchev–Trinajstić information content (AvgIpc) is 3.21. The minimum atomic E-state index is -1.05. The fourth-order valence-electron chi connectivity index (χ4n) is 5.48. The summed E-state index contributed by atoms with van der Waals surface area (Å²) < 4.78 is 14.7. The van der Waals surface area contributed by atoms with Crippen molar-refractivity contribution >= 4 is 11.8 Å². The molecular weight excluding hydrogens is 487 g/mol. The van der Waals surface area contributed by atoms with Crippen LogP contribution in [0.25, 0.3) is 5.69 Å². The molecule has 9 nitrogen and oxygen atoms in total. The summed E-state index contributed by atoms with van der Waals surface area (Å²) in [5.74, 6) is -1.23. The van der Waals surface area contributed by atoms with Crippen molar-refractivity contribution in [3.63, 3.8) is 0 Å². The Morgan fingerprint density at radius 1 is 0.974 bits per heavy atom. The number of nitrogens with zero attached hydrogens (tertiary/aromatic N) is 2. The van der Waals surface area contributed by atoms with Gasteiger partial charge in [0.1, 0.15) is 11.6 Å². The lowest BCUT2D eigenvalue weighted by atomic mass is 9.68. The molecular formula is C28H27FN6O3. The van der Waals surface area contributed by atoms with Gasteiger partial charge in [0, 0.05) is 17.2 Å². The van der Waals surface area contributed by atoms with Crippen LogP contribution in [0.4, 0.5) is 4.39 Å². The number of amides is 2. The smallest absolute Gasteiger partial charge is 0.348 e. The zero-order chi connectivity index (χ0) is 27.2. The molecule has 0 spiro atoms. The van der Waals surface area contributed by atoms with Crippen molar-refractivity contribution in [3.8, 4) is 5.69 Å². The number of hydrogen-bond acceptors (Lipinski definition) is 5. The van der Waals surface area contributed by atoms with Gasteiger partial charge in [-0.2, -0.15) is 4.68 Å². The van der Waals surface area contributed by atoms with Gasteiger partial charge in [0.25, 0.3) is 0 Å². The van der Waals surface area contributed by atoms with Gasteiger partial charge in [-0.3, -0.25) is 14.6 Å². The van der Waals surface area contributed by atoms with E-state index in [1.54, 1.807) is 24.3 Å². The normalized spacial score (nSPS) is 14.7. The number of fused-ring (bicyclic) bond motifs is 2. The van der Waals surface area contributed by atoms with Gasteiger partial charge in [-0.1, -0.05) is 12.1 Å². The van der Waals surface area contributed by atoms with E-state index >= 15 is 0 Å². The Bertz CT molecular complexity index is 1560. The molecule has 10 heteroatoms. The topological polar surface area (TPSA) is 163 Å². The van der Waals surface area contributed by atoms with Crippen LogP contribution in [0.15, 0.2) is 65.5 Å². The number of hydrogen-bond donors (Lipinski definition) is 4. The summed E-state index contributed by atoms with van der Waals surface area (Å²) in [7, 11) is 0. The zero-order valence-electron chi connectivity index (χ0n) is 20.7. The van der Waals surface area contributed by atoms with Crippen molar-refractivity contribution in [1.82, 2.24) is 14.8 Å². The molecule has 0 unspecified atom stereocenters. The third-order valence-corrected chi connectivity index (χ3v) is 7.08. The fraction of sp³-hybridized carbons (Fsp3) is 0.214. The van der Waals surface area contributed by atoms with Crippen LogP contribution in [0.3, 0.4) is 0 Å². The lowest BCUT2D eigenvalue weighted by Gasteiger charge is -2.36. The average molecular weight is 515 g/mol. The first kappa shape index (κ1) is 25.1. The van der Waals surface area contributed by atoms with Crippen molar-refractivity contribution in [1.29, 1.82) is 0 Å². The maximum atomic E-state index is 13.6. The van der Waals surface area contributed by atoms with Crippen molar-refractivity contribution in [3.05, 3.63) is 116 Å². The molecule has 0 saturated carbocycles. The minimum absolute atomic E-state index is 0.326. The van der Waals surface area contributed by atoms with Crippen LogP contribution in [0.5, 0.6) is 0 Å². The zero-order valence-corrected chi connectivity index (χ0v) is 20.7. The third kappa shape index (κ3) is 4.18. The molecule has 194 valence electrons. The van der Waals surface area contributed by atoms with Crippen LogP contribution in [-0.2, 0) is 18.3 Å². The molecule has 1 aromatic heterocycles. The SMILES string of the molecule is C[C@@H](N)CC1(c2nn(-c3ccc(F)cc3)c(=O)[nH]2)c2ccc(C(N)=O)cc2CCc2cc(C(N)=O)ccc21. The number of benzene rings is 3. The molecule has 0 aliphatic heterocycles. The van der Waals surface area contributed by atoms with Gasteiger partial charge in [0.2, 0.25) is 11.8 Å². The van der Waals surface area contributed by atoms with E-state index in [0.717, 1.165) is 22.3 Å². The largest absolute Gasteiger partial charge is 0.366 e. The molecule has 1 heterocycles. The number of nitrogens with two attached hydrogens (primary N) is 3. The second-order valence-electron chi connectivity index (χ2n) is 9.73. The van der Waals surface area contributed by atoms with Gasteiger partial charge in [0.15, 0.2) is 0 Å². The predicted molar refractivity (Wildman–Crippen MR) is 140 cm³/mol. The number of nitrogens with one attached hydrogen (secondary N) is 1. The van der Waals surface area contributed by atoms with E-state index in [1.165, 1.54) is 28.9 Å². The lowest BCUT2D eigenvalue weighted by Crippen LogP contribution is -2.38. The molecule has 38 heavy (non-hydrogen) atoms. The molecule has 5 rings (SSSR count). The molecule has 3 aromatic carbocycles. The number of aryl methyl sites for hydroxylation is 2. The number of rotatable bonds is 6. The van der Waals surface area contributed by atoms with Gasteiger partial charge in [-0.15, -0.1) is 5.10 Å². The fourth-order valence-corrected chi connectivity index (χ4v) is 5.48. The van der Waals surface area contributed by atoms with Crippen LogP contribution < -0.4 is 22.9 Å². The van der Waals surface area contributed by atoms with E-state index in [0.29, 0.717) is 41.9 Å².